The van der Waals surface area contributed by atoms with Crippen LogP contribution in [-0.4, -0.2) is 37.0 Å². The van der Waals surface area contributed by atoms with E-state index in [4.69, 9.17) is 9.47 Å². The number of unbranched alkanes of at least 4 members (excludes halogenated alkanes) is 5. The predicted octanol–water partition coefficient (Wildman–Crippen LogP) is 10.6. The Hall–Kier alpha value is -2.69. The number of esters is 1. The van der Waals surface area contributed by atoms with Gasteiger partial charge in [0.05, 0.1) is 13.2 Å². The van der Waals surface area contributed by atoms with Gasteiger partial charge >= 0.3 is 5.97 Å². The van der Waals surface area contributed by atoms with Gasteiger partial charge in [-0.05, 0) is 83.5 Å². The van der Waals surface area contributed by atoms with Gasteiger partial charge < -0.3 is 14.6 Å². The molecule has 0 saturated carbocycles. The Kier molecular flexibility index (Phi) is 33.3. The average Bonchev–Trinajstić information content (AvgIpc) is 3.01. The van der Waals surface area contributed by atoms with Gasteiger partial charge in [0.1, 0.15) is 6.10 Å². The first-order valence-corrected chi connectivity index (χ1v) is 16.8. The molecule has 242 valence electrons. The number of allylic oxidation sites excluding steroid dienone is 16. The summed E-state index contributed by atoms with van der Waals surface area (Å²) >= 11 is 0. The third-order valence-electron chi connectivity index (χ3n) is 6.40. The quantitative estimate of drug-likeness (QED) is 0.0532. The molecule has 0 rings (SSSR count). The third kappa shape index (κ3) is 33.7. The molecule has 0 radical (unpaired) electrons. The standard InChI is InChI=1S/C39H62O4/c1-3-5-7-9-11-13-15-17-19-20-21-22-24-26-28-30-32-34-39(41)43-38(36-40)37-42-35-33-31-29-27-25-23-18-16-14-12-10-8-6-4-2/h5-8,11-14,17-19,21-23,27,29,38,40H,3-4,9-10,15-16,20,24-26,28,30-37H2,1-2H3/b7-5-,8-6-,13-11-,14-12-,19-17-,22-21-,23-18-,29-27-. The number of ether oxygens (including phenoxy) is 2. The molecule has 0 heterocycles. The first kappa shape index (κ1) is 40.3. The smallest absolute Gasteiger partial charge is 0.306 e. The summed E-state index contributed by atoms with van der Waals surface area (Å²) in [6.45, 7) is 4.92. The molecule has 0 aromatic heterocycles. The molecular weight excluding hydrogens is 532 g/mol. The number of rotatable bonds is 29. The second-order valence-electron chi connectivity index (χ2n) is 10.5. The van der Waals surface area contributed by atoms with Crippen LogP contribution in [-0.2, 0) is 14.3 Å². The van der Waals surface area contributed by atoms with E-state index in [1.165, 1.54) is 0 Å². The van der Waals surface area contributed by atoms with E-state index in [1.54, 1.807) is 0 Å². The first-order chi connectivity index (χ1) is 21.2. The SMILES string of the molecule is CC/C=C\C/C=C\C/C=C\C/C=C\CCCCCCC(=O)OC(CO)COCCC/C=C\C/C=C\C/C=C\C/C=C\CC. The zero-order valence-corrected chi connectivity index (χ0v) is 27.4. The van der Waals surface area contributed by atoms with Gasteiger partial charge in [-0.25, -0.2) is 0 Å². The van der Waals surface area contributed by atoms with Crippen LogP contribution in [0.5, 0.6) is 0 Å². The summed E-state index contributed by atoms with van der Waals surface area (Å²) < 4.78 is 11.0. The minimum Gasteiger partial charge on any atom is -0.457 e. The predicted molar refractivity (Wildman–Crippen MR) is 186 cm³/mol. The number of carbonyl (C=O) groups is 1. The minimum absolute atomic E-state index is 0.211. The van der Waals surface area contributed by atoms with E-state index in [0.717, 1.165) is 96.3 Å². The van der Waals surface area contributed by atoms with Gasteiger partial charge in [0.15, 0.2) is 0 Å². The molecule has 0 aromatic rings. The molecule has 0 spiro atoms. The van der Waals surface area contributed by atoms with Crippen LogP contribution >= 0.6 is 0 Å². The van der Waals surface area contributed by atoms with Gasteiger partial charge in [-0.3, -0.25) is 4.79 Å². The fourth-order valence-electron chi connectivity index (χ4n) is 3.97. The molecule has 1 atom stereocenters. The minimum atomic E-state index is -0.581. The van der Waals surface area contributed by atoms with Crippen molar-refractivity contribution >= 4 is 5.97 Å². The van der Waals surface area contributed by atoms with E-state index in [1.807, 2.05) is 0 Å². The monoisotopic (exact) mass is 594 g/mol. The first-order valence-electron chi connectivity index (χ1n) is 16.8. The number of aliphatic hydroxyl groups is 1. The van der Waals surface area contributed by atoms with Crippen molar-refractivity contribution < 1.29 is 19.4 Å². The zero-order valence-electron chi connectivity index (χ0n) is 27.4. The van der Waals surface area contributed by atoms with Gasteiger partial charge in [0, 0.05) is 13.0 Å². The van der Waals surface area contributed by atoms with Crippen LogP contribution in [0.1, 0.15) is 117 Å². The highest BCUT2D eigenvalue weighted by Gasteiger charge is 2.13. The Labute approximate surface area is 264 Å². The molecule has 0 fully saturated rings. The van der Waals surface area contributed by atoms with Gasteiger partial charge in [-0.1, -0.05) is 124 Å². The molecule has 4 nitrogen and oxygen atoms in total. The molecule has 0 aromatic carbocycles. The van der Waals surface area contributed by atoms with Crippen molar-refractivity contribution in [2.75, 3.05) is 19.8 Å². The van der Waals surface area contributed by atoms with Crippen LogP contribution in [0.2, 0.25) is 0 Å². The highest BCUT2D eigenvalue weighted by molar-refractivity contribution is 5.69. The molecule has 0 aliphatic carbocycles. The maximum atomic E-state index is 12.1. The van der Waals surface area contributed by atoms with E-state index in [2.05, 4.69) is 111 Å². The van der Waals surface area contributed by atoms with Crippen molar-refractivity contribution in [1.82, 2.24) is 0 Å². The Morgan fingerprint density at radius 1 is 0.558 bits per heavy atom. The molecular formula is C39H62O4. The Morgan fingerprint density at radius 3 is 1.44 bits per heavy atom. The van der Waals surface area contributed by atoms with Gasteiger partial charge in [0.25, 0.3) is 0 Å². The molecule has 0 aliphatic heterocycles. The zero-order chi connectivity index (χ0) is 31.3. The number of hydrogen-bond acceptors (Lipinski definition) is 4. The lowest BCUT2D eigenvalue weighted by Crippen LogP contribution is -2.27. The highest BCUT2D eigenvalue weighted by atomic mass is 16.6. The summed E-state index contributed by atoms with van der Waals surface area (Å²) in [5.74, 6) is -0.249. The van der Waals surface area contributed by atoms with Crippen LogP contribution < -0.4 is 0 Å². The molecule has 4 heteroatoms. The van der Waals surface area contributed by atoms with Crippen LogP contribution in [0.3, 0.4) is 0 Å². The number of carbonyl (C=O) groups excluding carboxylic acids is 1. The summed E-state index contributed by atoms with van der Waals surface area (Å²) in [4.78, 5) is 12.1. The molecule has 0 bridgehead atoms. The van der Waals surface area contributed by atoms with Crippen molar-refractivity contribution in [1.29, 1.82) is 0 Å². The van der Waals surface area contributed by atoms with Gasteiger partial charge in [-0.15, -0.1) is 0 Å². The van der Waals surface area contributed by atoms with Crippen molar-refractivity contribution in [3.05, 3.63) is 97.2 Å². The molecule has 0 amide bonds. The van der Waals surface area contributed by atoms with Crippen molar-refractivity contribution in [3.63, 3.8) is 0 Å². The highest BCUT2D eigenvalue weighted by Crippen LogP contribution is 2.08. The van der Waals surface area contributed by atoms with E-state index in [9.17, 15) is 9.90 Å². The van der Waals surface area contributed by atoms with E-state index < -0.39 is 6.10 Å². The topological polar surface area (TPSA) is 55.8 Å². The number of aliphatic hydroxyl groups excluding tert-OH is 1. The van der Waals surface area contributed by atoms with Crippen LogP contribution in [0, 0.1) is 0 Å². The lowest BCUT2D eigenvalue weighted by atomic mass is 10.1. The van der Waals surface area contributed by atoms with E-state index in [0.29, 0.717) is 13.0 Å². The molecule has 0 aliphatic rings. The van der Waals surface area contributed by atoms with E-state index >= 15 is 0 Å². The van der Waals surface area contributed by atoms with Crippen molar-refractivity contribution in [2.24, 2.45) is 0 Å². The van der Waals surface area contributed by atoms with Crippen LogP contribution in [0.4, 0.5) is 0 Å². The van der Waals surface area contributed by atoms with Crippen LogP contribution in [0.15, 0.2) is 97.2 Å². The molecule has 0 saturated heterocycles. The van der Waals surface area contributed by atoms with E-state index in [-0.39, 0.29) is 19.2 Å². The lowest BCUT2D eigenvalue weighted by molar-refractivity contribution is -0.154. The fraction of sp³-hybridized carbons (Fsp3) is 0.564. The Balaban J connectivity index is 3.66. The molecule has 43 heavy (non-hydrogen) atoms. The number of hydrogen-bond donors (Lipinski definition) is 1. The summed E-state index contributed by atoms with van der Waals surface area (Å²) in [5, 5.41) is 9.52. The lowest BCUT2D eigenvalue weighted by Gasteiger charge is -2.15. The largest absolute Gasteiger partial charge is 0.457 e. The maximum Gasteiger partial charge on any atom is 0.306 e. The second kappa shape index (κ2) is 35.5. The summed E-state index contributed by atoms with van der Waals surface area (Å²) in [5.41, 5.74) is 0. The summed E-state index contributed by atoms with van der Waals surface area (Å²) in [6, 6.07) is 0. The maximum absolute atomic E-state index is 12.1. The Morgan fingerprint density at radius 2 is 0.977 bits per heavy atom. The normalized spacial score (nSPS) is 13.7. The molecule has 1 unspecified atom stereocenters. The fourth-order valence-corrected chi connectivity index (χ4v) is 3.97. The summed E-state index contributed by atoms with van der Waals surface area (Å²) in [7, 11) is 0. The van der Waals surface area contributed by atoms with Gasteiger partial charge in [-0.2, -0.15) is 0 Å². The third-order valence-corrected chi connectivity index (χ3v) is 6.40. The summed E-state index contributed by atoms with van der Waals surface area (Å²) in [6.07, 6.45) is 50.2. The van der Waals surface area contributed by atoms with Crippen LogP contribution in [0.25, 0.3) is 0 Å². The average molecular weight is 595 g/mol. The van der Waals surface area contributed by atoms with Gasteiger partial charge in [0.2, 0.25) is 0 Å². The Bertz CT molecular complexity index is 841. The van der Waals surface area contributed by atoms with Crippen molar-refractivity contribution in [2.45, 2.75) is 123 Å². The molecule has 1 N–H and O–H groups in total. The second-order valence-corrected chi connectivity index (χ2v) is 10.5. The van der Waals surface area contributed by atoms with Crippen molar-refractivity contribution in [3.8, 4) is 0 Å².